The van der Waals surface area contributed by atoms with Gasteiger partial charge in [0, 0.05) is 53.8 Å². The van der Waals surface area contributed by atoms with Gasteiger partial charge in [0.1, 0.15) is 0 Å². The van der Waals surface area contributed by atoms with Crippen LogP contribution >= 0.6 is 11.3 Å². The Morgan fingerprint density at radius 1 is 1.11 bits per heavy atom. The summed E-state index contributed by atoms with van der Waals surface area (Å²) in [4.78, 5) is 28.7. The van der Waals surface area contributed by atoms with Crippen molar-refractivity contribution in [1.82, 2.24) is 14.8 Å². The number of benzene rings is 2. The molecule has 1 aliphatic rings. The van der Waals surface area contributed by atoms with Crippen LogP contribution < -0.4 is 16.6 Å². The van der Waals surface area contributed by atoms with Crippen LogP contribution in [0.4, 0.5) is 0 Å². The fourth-order valence-corrected chi connectivity index (χ4v) is 6.10. The molecule has 0 radical (unpaired) electrons. The molecule has 3 heterocycles. The molecule has 0 aliphatic carbocycles. The number of primary amides is 1. The lowest BCUT2D eigenvalue weighted by Crippen LogP contribution is -2.43. The van der Waals surface area contributed by atoms with E-state index in [-0.39, 0.29) is 11.1 Å². The maximum absolute atomic E-state index is 12.9. The molecule has 1 aliphatic heterocycles. The van der Waals surface area contributed by atoms with Gasteiger partial charge in [-0.3, -0.25) is 9.59 Å². The van der Waals surface area contributed by atoms with Gasteiger partial charge in [0.2, 0.25) is 5.91 Å². The predicted octanol–water partition coefficient (Wildman–Crippen LogP) is 3.72. The number of amides is 1. The monoisotopic (exact) mass is 504 g/mol. The summed E-state index contributed by atoms with van der Waals surface area (Å²) in [5.74, 6) is -0.589. The smallest absolute Gasteiger partial charge is 0.251 e. The molecule has 0 atom stereocenters. The molecule has 5 rings (SSSR count). The minimum Gasteiger partial charge on any atom is -0.380 e. The van der Waals surface area contributed by atoms with E-state index < -0.39 is 5.91 Å². The molecule has 36 heavy (non-hydrogen) atoms. The number of thiophene rings is 1. The average molecular weight is 505 g/mol. The number of nitrogens with zero attached hydrogens (tertiary/aromatic N) is 2. The largest absolute Gasteiger partial charge is 0.380 e. The van der Waals surface area contributed by atoms with E-state index in [9.17, 15) is 9.59 Å². The van der Waals surface area contributed by atoms with Gasteiger partial charge in [0.15, 0.2) is 0 Å². The maximum Gasteiger partial charge on any atom is 0.251 e. The summed E-state index contributed by atoms with van der Waals surface area (Å²) in [5.41, 5.74) is 7.29. The Labute approximate surface area is 214 Å². The lowest BCUT2D eigenvalue weighted by molar-refractivity contribution is 0.100. The second-order valence-electron chi connectivity index (χ2n) is 9.44. The summed E-state index contributed by atoms with van der Waals surface area (Å²) >= 11 is 1.86. The van der Waals surface area contributed by atoms with Gasteiger partial charge < -0.3 is 25.3 Å². The summed E-state index contributed by atoms with van der Waals surface area (Å²) in [6.45, 7) is 4.66. The maximum atomic E-state index is 12.9. The van der Waals surface area contributed by atoms with Crippen LogP contribution in [0.2, 0.25) is 0 Å². The number of nitrogens with one attached hydrogen (secondary N) is 1. The summed E-state index contributed by atoms with van der Waals surface area (Å²) < 4.78 is 8.36. The van der Waals surface area contributed by atoms with Crippen molar-refractivity contribution in [2.75, 3.05) is 26.7 Å². The van der Waals surface area contributed by atoms with Gasteiger partial charge in [0.25, 0.3) is 5.56 Å². The van der Waals surface area contributed by atoms with Crippen molar-refractivity contribution >= 4 is 38.2 Å². The number of carbonyl (C=O) groups is 1. The highest BCUT2D eigenvalue weighted by molar-refractivity contribution is 7.19. The number of methoxy groups -OCH3 is 1. The van der Waals surface area contributed by atoms with E-state index in [0.717, 1.165) is 50.1 Å². The van der Waals surface area contributed by atoms with E-state index in [1.807, 2.05) is 29.5 Å². The van der Waals surface area contributed by atoms with E-state index in [1.54, 1.807) is 11.7 Å². The molecule has 2 aromatic heterocycles. The van der Waals surface area contributed by atoms with E-state index in [0.29, 0.717) is 24.6 Å². The number of ether oxygens (including phenoxy) is 1. The zero-order valence-corrected chi connectivity index (χ0v) is 21.4. The zero-order valence-electron chi connectivity index (χ0n) is 20.5. The minimum atomic E-state index is -0.589. The normalized spacial score (nSPS) is 15.1. The number of hydrogen-bond acceptors (Lipinski definition) is 6. The number of pyridine rings is 1. The number of nitrogens with two attached hydrogens (primary N) is 1. The van der Waals surface area contributed by atoms with Crippen molar-refractivity contribution in [2.24, 2.45) is 5.73 Å². The standard InChI is InChI=1S/C28H32N4O3S/c1-35-18-19-6-7-23-24(28(29)34)16-27(33)32(25(23)14-19)13-12-31-10-8-21(9-11-31)30-17-22-15-20-4-2-3-5-26(20)36-22/h2-7,14-16,21,30H,8-13,17-18H2,1H3,(H2,29,34). The third-order valence-corrected chi connectivity index (χ3v) is 8.14. The average Bonchev–Trinajstić information content (AvgIpc) is 3.30. The van der Waals surface area contributed by atoms with Crippen LogP contribution in [0.15, 0.2) is 59.4 Å². The number of fused-ring (bicyclic) bond motifs is 2. The summed E-state index contributed by atoms with van der Waals surface area (Å²) in [6.07, 6.45) is 2.16. The minimum absolute atomic E-state index is 0.203. The number of rotatable bonds is 9. The Bertz CT molecular complexity index is 1400. The Morgan fingerprint density at radius 2 is 1.92 bits per heavy atom. The molecule has 8 heteroatoms. The lowest BCUT2D eigenvalue weighted by atomic mass is 10.0. The van der Waals surface area contributed by atoms with Crippen LogP contribution in [0, 0.1) is 0 Å². The second-order valence-corrected chi connectivity index (χ2v) is 10.6. The number of aromatic nitrogens is 1. The van der Waals surface area contributed by atoms with Crippen molar-refractivity contribution in [3.63, 3.8) is 0 Å². The van der Waals surface area contributed by atoms with Gasteiger partial charge in [-0.1, -0.05) is 30.3 Å². The van der Waals surface area contributed by atoms with Crippen LogP contribution in [0.25, 0.3) is 21.0 Å². The fraction of sp³-hybridized carbons (Fsp3) is 0.357. The fourth-order valence-electron chi connectivity index (χ4n) is 5.09. The van der Waals surface area contributed by atoms with Crippen LogP contribution in [0.3, 0.4) is 0 Å². The van der Waals surface area contributed by atoms with E-state index in [1.165, 1.54) is 21.0 Å². The highest BCUT2D eigenvalue weighted by Gasteiger charge is 2.20. The second kappa shape index (κ2) is 10.9. The number of hydrogen-bond donors (Lipinski definition) is 2. The first-order valence-electron chi connectivity index (χ1n) is 12.4. The zero-order chi connectivity index (χ0) is 25.1. The molecule has 1 amide bonds. The third-order valence-electron chi connectivity index (χ3n) is 7.02. The molecule has 3 N–H and O–H groups in total. The molecule has 0 saturated carbocycles. The van der Waals surface area contributed by atoms with Gasteiger partial charge in [0.05, 0.1) is 17.7 Å². The van der Waals surface area contributed by atoms with Crippen molar-refractivity contribution in [3.8, 4) is 0 Å². The van der Waals surface area contributed by atoms with Crippen LogP contribution in [-0.4, -0.2) is 48.2 Å². The molecule has 1 saturated heterocycles. The highest BCUT2D eigenvalue weighted by atomic mass is 32.1. The van der Waals surface area contributed by atoms with Crippen molar-refractivity contribution in [2.45, 2.75) is 38.6 Å². The molecular formula is C28H32N4O3S. The van der Waals surface area contributed by atoms with Crippen LogP contribution in [-0.2, 0) is 24.4 Å². The molecular weight excluding hydrogens is 472 g/mol. The van der Waals surface area contributed by atoms with E-state index in [4.69, 9.17) is 10.5 Å². The number of carbonyl (C=O) groups excluding carboxylic acids is 1. The van der Waals surface area contributed by atoms with Gasteiger partial charge in [-0.25, -0.2) is 0 Å². The molecule has 0 spiro atoms. The van der Waals surface area contributed by atoms with Gasteiger partial charge in [-0.2, -0.15) is 0 Å². The predicted molar refractivity (Wildman–Crippen MR) is 146 cm³/mol. The Morgan fingerprint density at radius 3 is 2.67 bits per heavy atom. The highest BCUT2D eigenvalue weighted by Crippen LogP contribution is 2.25. The first-order chi connectivity index (χ1) is 17.5. The Hall–Kier alpha value is -3.04. The summed E-state index contributed by atoms with van der Waals surface area (Å²) in [7, 11) is 1.64. The molecule has 0 bridgehead atoms. The van der Waals surface area contributed by atoms with Gasteiger partial charge in [-0.05, 0) is 55.1 Å². The number of piperidine rings is 1. The molecule has 188 valence electrons. The topological polar surface area (TPSA) is 89.6 Å². The van der Waals surface area contributed by atoms with E-state index in [2.05, 4.69) is 40.5 Å². The summed E-state index contributed by atoms with van der Waals surface area (Å²) in [5, 5.41) is 5.75. The molecule has 2 aromatic carbocycles. The first-order valence-corrected chi connectivity index (χ1v) is 13.2. The van der Waals surface area contributed by atoms with Crippen LogP contribution in [0.1, 0.15) is 33.6 Å². The molecule has 4 aromatic rings. The quantitative estimate of drug-likeness (QED) is 0.363. The van der Waals surface area contributed by atoms with E-state index >= 15 is 0 Å². The van der Waals surface area contributed by atoms with Gasteiger partial charge in [-0.15, -0.1) is 11.3 Å². The molecule has 0 unspecified atom stereocenters. The Balaban J connectivity index is 1.21. The molecule has 1 fully saturated rings. The first kappa shape index (κ1) is 24.6. The molecule has 7 nitrogen and oxygen atoms in total. The van der Waals surface area contributed by atoms with Crippen molar-refractivity contribution in [3.05, 3.63) is 81.0 Å². The van der Waals surface area contributed by atoms with Crippen molar-refractivity contribution in [1.29, 1.82) is 0 Å². The van der Waals surface area contributed by atoms with Crippen molar-refractivity contribution < 1.29 is 9.53 Å². The van der Waals surface area contributed by atoms with Gasteiger partial charge >= 0.3 is 0 Å². The number of likely N-dealkylation sites (tertiary alicyclic amines) is 1. The third kappa shape index (κ3) is 5.37. The lowest BCUT2D eigenvalue weighted by Gasteiger charge is -2.32. The Kier molecular flexibility index (Phi) is 7.48. The summed E-state index contributed by atoms with van der Waals surface area (Å²) in [6, 6.07) is 18.4. The SMILES string of the molecule is COCc1ccc2c(C(N)=O)cc(=O)n(CCN3CCC(NCc4cc5ccccc5s4)CC3)c2c1. The van der Waals surface area contributed by atoms with Crippen LogP contribution in [0.5, 0.6) is 0 Å².